The van der Waals surface area contributed by atoms with Crippen LogP contribution in [0.4, 0.5) is 13.2 Å². The first-order valence-electron chi connectivity index (χ1n) is 6.60. The van der Waals surface area contributed by atoms with Gasteiger partial charge in [-0.3, -0.25) is 4.79 Å². The molecule has 0 unspecified atom stereocenters. The number of carbonyl (C=O) groups excluding carboxylic acids is 1. The van der Waals surface area contributed by atoms with E-state index in [-0.39, 0.29) is 10.9 Å². The number of amides is 1. The normalized spacial score (nSPS) is 14.2. The Labute approximate surface area is 151 Å². The fraction of sp³-hybridized carbons (Fsp3) is 0.308. The summed E-state index contributed by atoms with van der Waals surface area (Å²) in [5, 5.41) is 6.80. The topological polar surface area (TPSA) is 77.2 Å². The van der Waals surface area contributed by atoms with Crippen LogP contribution in [0.3, 0.4) is 0 Å². The van der Waals surface area contributed by atoms with E-state index in [1.54, 1.807) is 0 Å². The Hall–Kier alpha value is -1.59. The summed E-state index contributed by atoms with van der Waals surface area (Å²) < 4.78 is 54.8. The van der Waals surface area contributed by atoms with Crippen LogP contribution in [0.5, 0.6) is 0 Å². The molecule has 0 N–H and O–H groups in total. The number of halogens is 4. The lowest BCUT2D eigenvalue weighted by Gasteiger charge is -2.06. The number of carbonyl (C=O) groups is 1. The summed E-state index contributed by atoms with van der Waals surface area (Å²) in [5.74, 6) is -2.22. The molecule has 0 aliphatic rings. The third-order valence-corrected chi connectivity index (χ3v) is 5.90. The third-order valence-electron chi connectivity index (χ3n) is 2.94. The number of aromatic nitrogens is 3. The summed E-state index contributed by atoms with van der Waals surface area (Å²) in [5.41, 5.74) is 0. The minimum absolute atomic E-state index is 0.0926. The molecule has 0 radical (unpaired) electrons. The maximum absolute atomic E-state index is 12.6. The number of rotatable bonds is 4. The number of alkyl halides is 3. The van der Waals surface area contributed by atoms with Crippen LogP contribution >= 0.6 is 23.4 Å². The molecular formula is C13H12ClF3N4O2S2. The summed E-state index contributed by atoms with van der Waals surface area (Å²) in [6.07, 6.45) is -3.34. The lowest BCUT2D eigenvalue weighted by atomic mass is 10.4. The number of benzene rings is 1. The van der Waals surface area contributed by atoms with Crippen LogP contribution in [0.25, 0.3) is 0 Å². The van der Waals surface area contributed by atoms with Gasteiger partial charge in [-0.2, -0.15) is 17.5 Å². The van der Waals surface area contributed by atoms with E-state index in [0.717, 1.165) is 23.4 Å². The van der Waals surface area contributed by atoms with Gasteiger partial charge in [0, 0.05) is 23.2 Å². The van der Waals surface area contributed by atoms with Crippen LogP contribution in [0, 0.1) is 0 Å². The molecule has 0 saturated carbocycles. The van der Waals surface area contributed by atoms with Gasteiger partial charge in [0.15, 0.2) is 5.16 Å². The van der Waals surface area contributed by atoms with E-state index in [4.69, 9.17) is 11.6 Å². The Bertz CT molecular complexity index is 903. The minimum atomic E-state index is -4.64. The van der Waals surface area contributed by atoms with Crippen LogP contribution < -0.4 is 0 Å². The molecule has 12 heteroatoms. The van der Waals surface area contributed by atoms with E-state index >= 15 is 0 Å². The smallest absolute Gasteiger partial charge is 0.302 e. The molecule has 2 rings (SSSR count). The summed E-state index contributed by atoms with van der Waals surface area (Å²) in [6, 6.07) is 6.03. The maximum Gasteiger partial charge on any atom is 0.451 e. The van der Waals surface area contributed by atoms with Crippen LogP contribution in [-0.2, 0) is 27.7 Å². The van der Waals surface area contributed by atoms with Crippen molar-refractivity contribution in [2.45, 2.75) is 16.2 Å². The van der Waals surface area contributed by atoms with E-state index in [0.29, 0.717) is 9.92 Å². The fourth-order valence-corrected chi connectivity index (χ4v) is 3.88. The predicted octanol–water partition coefficient (Wildman–Crippen LogP) is 3.26. The van der Waals surface area contributed by atoms with Gasteiger partial charge in [-0.25, -0.2) is 4.21 Å². The highest BCUT2D eigenvalue weighted by atomic mass is 35.5. The predicted molar refractivity (Wildman–Crippen MR) is 87.9 cm³/mol. The molecule has 0 aliphatic carbocycles. The van der Waals surface area contributed by atoms with Crippen molar-refractivity contribution >= 4 is 39.0 Å². The van der Waals surface area contributed by atoms with E-state index in [9.17, 15) is 22.2 Å². The van der Waals surface area contributed by atoms with Crippen molar-refractivity contribution < 1.29 is 22.2 Å². The highest BCUT2D eigenvalue weighted by Gasteiger charge is 2.37. The Morgan fingerprint density at radius 2 is 1.92 bits per heavy atom. The monoisotopic (exact) mass is 412 g/mol. The van der Waals surface area contributed by atoms with Crippen molar-refractivity contribution in [1.29, 1.82) is 0 Å². The molecule has 1 atom stereocenters. The quantitative estimate of drug-likeness (QED) is 0.720. The zero-order valence-electron chi connectivity index (χ0n) is 13.0. The highest BCUT2D eigenvalue weighted by molar-refractivity contribution is 8.00. The molecule has 6 nitrogen and oxygen atoms in total. The average Bonchev–Trinajstić information content (AvgIpc) is 2.86. The van der Waals surface area contributed by atoms with Crippen molar-refractivity contribution in [1.82, 2.24) is 14.8 Å². The van der Waals surface area contributed by atoms with E-state index in [2.05, 4.69) is 14.6 Å². The van der Waals surface area contributed by atoms with E-state index in [1.165, 1.54) is 30.5 Å². The van der Waals surface area contributed by atoms with Crippen molar-refractivity contribution in [3.63, 3.8) is 0 Å². The zero-order valence-corrected chi connectivity index (χ0v) is 15.3. The number of nitrogens with zero attached hydrogens (tertiary/aromatic N) is 4. The number of hydrogen-bond acceptors (Lipinski definition) is 5. The van der Waals surface area contributed by atoms with E-state index in [1.807, 2.05) is 0 Å². The first-order chi connectivity index (χ1) is 11.5. The first kappa shape index (κ1) is 19.7. The minimum Gasteiger partial charge on any atom is -0.302 e. The second kappa shape index (κ2) is 7.34. The molecular weight excluding hydrogens is 401 g/mol. The molecule has 0 saturated heterocycles. The molecule has 1 aromatic heterocycles. The second-order valence-electron chi connectivity index (χ2n) is 4.89. The lowest BCUT2D eigenvalue weighted by Crippen LogP contribution is -2.13. The highest BCUT2D eigenvalue weighted by Crippen LogP contribution is 2.29. The SMILES string of the molecule is Cn1c(SCC(=O)N=[S@@](C)(=O)c2ccc(Cl)cc2)nnc1C(F)(F)F. The molecule has 1 amide bonds. The van der Waals surface area contributed by atoms with Gasteiger partial charge in [-0.05, 0) is 24.3 Å². The van der Waals surface area contributed by atoms with Gasteiger partial charge < -0.3 is 4.57 Å². The molecule has 136 valence electrons. The standard InChI is InChI=1S/C13H12ClF3N4O2S2/c1-21-11(13(15,16)17)18-19-12(21)24-7-10(22)20-25(2,23)9-5-3-8(14)4-6-9/h3-6H,7H2,1-2H3/t25-/m0/s1. The molecule has 0 aliphatic heterocycles. The van der Waals surface area contributed by atoms with Gasteiger partial charge >= 0.3 is 6.18 Å². The van der Waals surface area contributed by atoms with E-state index < -0.39 is 27.6 Å². The van der Waals surface area contributed by atoms with Crippen LogP contribution in [-0.4, -0.2) is 36.9 Å². The number of hydrogen-bond donors (Lipinski definition) is 0. The summed E-state index contributed by atoms with van der Waals surface area (Å²) >= 11 is 6.47. The van der Waals surface area contributed by atoms with Gasteiger partial charge in [-0.15, -0.1) is 10.2 Å². The van der Waals surface area contributed by atoms with Gasteiger partial charge in [0.2, 0.25) is 5.82 Å². The molecule has 2 aromatic rings. The fourth-order valence-electron chi connectivity index (χ4n) is 1.77. The summed E-state index contributed by atoms with van der Waals surface area (Å²) in [7, 11) is -1.84. The van der Waals surface area contributed by atoms with Crippen molar-refractivity contribution in [3.8, 4) is 0 Å². The average molecular weight is 413 g/mol. The van der Waals surface area contributed by atoms with Crippen molar-refractivity contribution in [2.75, 3.05) is 12.0 Å². The maximum atomic E-state index is 12.6. The Kier molecular flexibility index (Phi) is 5.79. The van der Waals surface area contributed by atoms with Gasteiger partial charge in [-0.1, -0.05) is 23.4 Å². The molecule has 25 heavy (non-hydrogen) atoms. The Morgan fingerprint density at radius 1 is 1.32 bits per heavy atom. The zero-order chi connectivity index (χ0) is 18.8. The summed E-state index contributed by atoms with van der Waals surface area (Å²) in [6.45, 7) is 0. The molecule has 0 fully saturated rings. The Balaban J connectivity index is 2.12. The van der Waals surface area contributed by atoms with Crippen molar-refractivity contribution in [2.24, 2.45) is 11.4 Å². The lowest BCUT2D eigenvalue weighted by molar-refractivity contribution is -0.147. The van der Waals surface area contributed by atoms with Crippen LogP contribution in [0.1, 0.15) is 5.82 Å². The van der Waals surface area contributed by atoms with Gasteiger partial charge in [0.25, 0.3) is 5.91 Å². The molecule has 0 spiro atoms. The summed E-state index contributed by atoms with van der Waals surface area (Å²) in [4.78, 5) is 12.2. The van der Waals surface area contributed by atoms with Gasteiger partial charge in [0.05, 0.1) is 15.5 Å². The third kappa shape index (κ3) is 4.95. The first-order valence-corrected chi connectivity index (χ1v) is 9.89. The van der Waals surface area contributed by atoms with Crippen LogP contribution in [0.15, 0.2) is 38.7 Å². The molecule has 1 aromatic carbocycles. The van der Waals surface area contributed by atoms with Crippen LogP contribution in [0.2, 0.25) is 5.02 Å². The molecule has 1 heterocycles. The molecule has 0 bridgehead atoms. The Morgan fingerprint density at radius 3 is 2.44 bits per heavy atom. The largest absolute Gasteiger partial charge is 0.451 e. The number of thioether (sulfide) groups is 1. The van der Waals surface area contributed by atoms with Crippen molar-refractivity contribution in [3.05, 3.63) is 35.1 Å². The van der Waals surface area contributed by atoms with Gasteiger partial charge in [0.1, 0.15) is 0 Å². The second-order valence-corrected chi connectivity index (χ2v) is 8.53.